The Morgan fingerprint density at radius 1 is 1.20 bits per heavy atom. The van der Waals surface area contributed by atoms with Crippen LogP contribution >= 0.6 is 11.3 Å². The van der Waals surface area contributed by atoms with E-state index in [2.05, 4.69) is 15.3 Å². The number of alkyl halides is 3. The van der Waals surface area contributed by atoms with Crippen molar-refractivity contribution in [2.75, 3.05) is 18.1 Å². The predicted octanol–water partition coefficient (Wildman–Crippen LogP) is 3.10. The Morgan fingerprint density at radius 3 is 2.36 bits per heavy atom. The number of hydrogen-bond acceptors (Lipinski definition) is 6. The van der Waals surface area contributed by atoms with Crippen LogP contribution in [-0.2, 0) is 6.18 Å². The number of amides is 1. The van der Waals surface area contributed by atoms with Gasteiger partial charge in [0.15, 0.2) is 0 Å². The van der Waals surface area contributed by atoms with Gasteiger partial charge in [0.1, 0.15) is 9.71 Å². The number of nitrogens with one attached hydrogen (secondary N) is 1. The smallest absolute Gasteiger partial charge is 0.397 e. The van der Waals surface area contributed by atoms with Crippen LogP contribution in [0.25, 0.3) is 21.5 Å². The van der Waals surface area contributed by atoms with Gasteiger partial charge >= 0.3 is 6.18 Å². The number of nitrogen functional groups attached to an aromatic ring is 1. The van der Waals surface area contributed by atoms with Crippen LogP contribution in [0.3, 0.4) is 0 Å². The zero-order valence-electron chi connectivity index (χ0n) is 12.8. The summed E-state index contributed by atoms with van der Waals surface area (Å²) in [6.07, 6.45) is -4.43. The largest absolute Gasteiger partial charge is 0.416 e. The number of hydrogen-bond donors (Lipinski definition) is 3. The zero-order chi connectivity index (χ0) is 18.4. The molecule has 0 aliphatic rings. The second-order valence-electron chi connectivity index (χ2n) is 5.11. The number of fused-ring (bicyclic) bond motifs is 1. The number of thiophene rings is 1. The zero-order valence-corrected chi connectivity index (χ0v) is 13.6. The fourth-order valence-corrected chi connectivity index (χ4v) is 3.29. The number of aromatic nitrogens is 2. The number of anilines is 2. The average Bonchev–Trinajstić information content (AvgIpc) is 2.90. The second kappa shape index (κ2) is 5.88. The molecule has 3 rings (SSSR count). The highest BCUT2D eigenvalue weighted by molar-refractivity contribution is 7.21. The molecule has 1 amide bonds. The number of carbonyl (C=O) groups is 1. The van der Waals surface area contributed by atoms with Gasteiger partial charge in [0.05, 0.1) is 22.3 Å². The van der Waals surface area contributed by atoms with Crippen LogP contribution < -0.4 is 16.8 Å². The highest BCUT2D eigenvalue weighted by Gasteiger charge is 2.30. The van der Waals surface area contributed by atoms with Gasteiger partial charge in [0.2, 0.25) is 5.95 Å². The van der Waals surface area contributed by atoms with E-state index in [0.717, 1.165) is 23.5 Å². The molecule has 2 heterocycles. The monoisotopic (exact) mass is 367 g/mol. The van der Waals surface area contributed by atoms with Crippen molar-refractivity contribution >= 4 is 39.1 Å². The summed E-state index contributed by atoms with van der Waals surface area (Å²) in [6, 6.07) is 4.51. The molecule has 0 aliphatic carbocycles. The molecule has 5 N–H and O–H groups in total. The Morgan fingerprint density at radius 2 is 1.84 bits per heavy atom. The van der Waals surface area contributed by atoms with Crippen molar-refractivity contribution in [2.24, 2.45) is 5.73 Å². The van der Waals surface area contributed by atoms with E-state index in [1.807, 2.05) is 0 Å². The molecule has 1 aromatic carbocycles. The summed E-state index contributed by atoms with van der Waals surface area (Å²) in [7, 11) is 1.60. The molecule has 0 fully saturated rings. The Labute approximate surface area is 143 Å². The molecule has 130 valence electrons. The van der Waals surface area contributed by atoms with Crippen LogP contribution in [-0.4, -0.2) is 22.9 Å². The van der Waals surface area contributed by atoms with E-state index in [1.54, 1.807) is 7.05 Å². The van der Waals surface area contributed by atoms with Gasteiger partial charge in [-0.2, -0.15) is 13.2 Å². The molecule has 0 atom stereocenters. The van der Waals surface area contributed by atoms with Gasteiger partial charge in [0, 0.05) is 12.6 Å². The van der Waals surface area contributed by atoms with E-state index in [1.165, 1.54) is 12.1 Å². The molecule has 25 heavy (non-hydrogen) atoms. The van der Waals surface area contributed by atoms with Crippen LogP contribution in [0.4, 0.5) is 24.8 Å². The first kappa shape index (κ1) is 17.0. The second-order valence-corrected chi connectivity index (χ2v) is 6.11. The summed E-state index contributed by atoms with van der Waals surface area (Å²) in [5, 5.41) is 3.16. The minimum Gasteiger partial charge on any atom is -0.397 e. The minimum atomic E-state index is -4.43. The van der Waals surface area contributed by atoms with E-state index in [4.69, 9.17) is 11.5 Å². The third kappa shape index (κ3) is 2.95. The molecule has 2 aromatic heterocycles. The molecule has 0 saturated heterocycles. The standard InChI is InChI=1S/C15H12F3N5OS/c1-21-14-22-10(6-2-4-7(5-3-6)15(16,17)18)8-9(19)11(12(20)24)25-13(8)23-14/h2-5H,19H2,1H3,(H2,20,24)(H,21,22,23). The summed E-state index contributed by atoms with van der Waals surface area (Å²) in [5.74, 6) is -0.454. The maximum Gasteiger partial charge on any atom is 0.416 e. The molecule has 6 nitrogen and oxygen atoms in total. The van der Waals surface area contributed by atoms with Crippen molar-refractivity contribution in [2.45, 2.75) is 6.18 Å². The first-order valence-electron chi connectivity index (χ1n) is 6.97. The summed E-state index contributed by atoms with van der Waals surface area (Å²) in [5.41, 5.74) is 11.4. The van der Waals surface area contributed by atoms with E-state index < -0.39 is 17.6 Å². The van der Waals surface area contributed by atoms with E-state index in [0.29, 0.717) is 21.5 Å². The molecule has 3 aromatic rings. The van der Waals surface area contributed by atoms with Crippen LogP contribution in [0, 0.1) is 0 Å². The van der Waals surface area contributed by atoms with Crippen molar-refractivity contribution in [1.82, 2.24) is 9.97 Å². The summed E-state index contributed by atoms with van der Waals surface area (Å²) >= 11 is 1.01. The van der Waals surface area contributed by atoms with E-state index in [-0.39, 0.29) is 16.5 Å². The van der Waals surface area contributed by atoms with E-state index >= 15 is 0 Å². The number of nitrogens with zero attached hydrogens (tertiary/aromatic N) is 2. The number of benzene rings is 1. The Bertz CT molecular complexity index is 966. The summed E-state index contributed by atoms with van der Waals surface area (Å²) < 4.78 is 38.2. The SMILES string of the molecule is CNc1nc(-c2ccc(C(F)(F)F)cc2)c2c(N)c(C(N)=O)sc2n1. The normalized spacial score (nSPS) is 11.7. The van der Waals surface area contributed by atoms with Gasteiger partial charge in [-0.25, -0.2) is 9.97 Å². The molecule has 0 aliphatic heterocycles. The molecule has 0 unspecified atom stereocenters. The van der Waals surface area contributed by atoms with Crippen molar-refractivity contribution in [3.05, 3.63) is 34.7 Å². The van der Waals surface area contributed by atoms with Crippen LogP contribution in [0.1, 0.15) is 15.2 Å². The molecule has 0 saturated carbocycles. The van der Waals surface area contributed by atoms with Crippen molar-refractivity contribution in [1.29, 1.82) is 0 Å². The number of carbonyl (C=O) groups excluding carboxylic acids is 1. The fraction of sp³-hybridized carbons (Fsp3) is 0.133. The van der Waals surface area contributed by atoms with E-state index in [9.17, 15) is 18.0 Å². The minimum absolute atomic E-state index is 0.116. The third-order valence-corrected chi connectivity index (χ3v) is 4.64. The number of rotatable bonds is 3. The van der Waals surface area contributed by atoms with Gasteiger partial charge in [-0.3, -0.25) is 4.79 Å². The lowest BCUT2D eigenvalue weighted by atomic mass is 10.1. The highest BCUT2D eigenvalue weighted by atomic mass is 32.1. The summed E-state index contributed by atoms with van der Waals surface area (Å²) in [4.78, 5) is 20.6. The highest BCUT2D eigenvalue weighted by Crippen LogP contribution is 2.39. The number of halogens is 3. The Kier molecular flexibility index (Phi) is 3.99. The molecule has 0 spiro atoms. The average molecular weight is 367 g/mol. The lowest BCUT2D eigenvalue weighted by molar-refractivity contribution is -0.137. The van der Waals surface area contributed by atoms with Crippen LogP contribution in [0.2, 0.25) is 0 Å². The van der Waals surface area contributed by atoms with Gasteiger partial charge in [-0.05, 0) is 12.1 Å². The predicted molar refractivity (Wildman–Crippen MR) is 90.3 cm³/mol. The first-order valence-corrected chi connectivity index (χ1v) is 7.79. The molecular formula is C15H12F3N5OS. The maximum atomic E-state index is 12.7. The van der Waals surface area contributed by atoms with Crippen molar-refractivity contribution in [3.8, 4) is 11.3 Å². The van der Waals surface area contributed by atoms with Crippen molar-refractivity contribution in [3.63, 3.8) is 0 Å². The molecule has 0 bridgehead atoms. The summed E-state index contributed by atoms with van der Waals surface area (Å²) in [6.45, 7) is 0. The lowest BCUT2D eigenvalue weighted by Gasteiger charge is -2.09. The quantitative estimate of drug-likeness (QED) is 0.659. The van der Waals surface area contributed by atoms with Crippen LogP contribution in [0.15, 0.2) is 24.3 Å². The number of nitrogens with two attached hydrogens (primary N) is 2. The number of primary amides is 1. The van der Waals surface area contributed by atoms with Crippen LogP contribution in [0.5, 0.6) is 0 Å². The maximum absolute atomic E-state index is 12.7. The van der Waals surface area contributed by atoms with Gasteiger partial charge in [-0.15, -0.1) is 11.3 Å². The first-order chi connectivity index (χ1) is 11.7. The molecular weight excluding hydrogens is 355 g/mol. The van der Waals surface area contributed by atoms with Crippen molar-refractivity contribution < 1.29 is 18.0 Å². The Hall–Kier alpha value is -2.88. The Balaban J connectivity index is 2.25. The third-order valence-electron chi connectivity index (χ3n) is 3.52. The lowest BCUT2D eigenvalue weighted by Crippen LogP contribution is -2.10. The molecule has 10 heteroatoms. The van der Waals surface area contributed by atoms with Gasteiger partial charge in [0.25, 0.3) is 5.91 Å². The van der Waals surface area contributed by atoms with Gasteiger partial charge in [-0.1, -0.05) is 12.1 Å². The van der Waals surface area contributed by atoms with Gasteiger partial charge < -0.3 is 16.8 Å². The topological polar surface area (TPSA) is 107 Å². The fourth-order valence-electron chi connectivity index (χ4n) is 2.34. The molecule has 0 radical (unpaired) electrons.